The Hall–Kier alpha value is -1.56. The standard InChI is InChI=1S/C9H9NO4S/c1-5-3-7(10(13)14)6(9(11)12)4-8(5)15-2/h3-4H,1-2H3,(H,11,12). The Bertz CT molecular complexity index is 430. The van der Waals surface area contributed by atoms with Crippen LogP contribution in [0.3, 0.4) is 0 Å². The molecule has 15 heavy (non-hydrogen) atoms. The quantitative estimate of drug-likeness (QED) is 0.487. The summed E-state index contributed by atoms with van der Waals surface area (Å²) in [5.74, 6) is -1.28. The van der Waals surface area contributed by atoms with Crippen molar-refractivity contribution in [3.8, 4) is 0 Å². The van der Waals surface area contributed by atoms with Gasteiger partial charge in [0, 0.05) is 11.0 Å². The summed E-state index contributed by atoms with van der Waals surface area (Å²) in [7, 11) is 0. The van der Waals surface area contributed by atoms with Crippen LogP contribution in [-0.2, 0) is 0 Å². The second kappa shape index (κ2) is 4.31. The summed E-state index contributed by atoms with van der Waals surface area (Å²) < 4.78 is 0. The number of nitro groups is 1. The van der Waals surface area contributed by atoms with Crippen molar-refractivity contribution >= 4 is 23.4 Å². The number of carboxylic acid groups (broad SMARTS) is 1. The molecule has 0 heterocycles. The molecule has 0 amide bonds. The van der Waals surface area contributed by atoms with Crippen molar-refractivity contribution < 1.29 is 14.8 Å². The molecule has 0 spiro atoms. The highest BCUT2D eigenvalue weighted by Crippen LogP contribution is 2.28. The monoisotopic (exact) mass is 227 g/mol. The highest BCUT2D eigenvalue weighted by molar-refractivity contribution is 7.98. The van der Waals surface area contributed by atoms with Gasteiger partial charge in [-0.15, -0.1) is 11.8 Å². The van der Waals surface area contributed by atoms with Crippen molar-refractivity contribution in [3.63, 3.8) is 0 Å². The molecule has 0 saturated heterocycles. The smallest absolute Gasteiger partial charge is 0.342 e. The van der Waals surface area contributed by atoms with E-state index in [0.717, 1.165) is 4.90 Å². The van der Waals surface area contributed by atoms with Crippen molar-refractivity contribution in [2.24, 2.45) is 0 Å². The van der Waals surface area contributed by atoms with Crippen LogP contribution in [0.4, 0.5) is 5.69 Å². The van der Waals surface area contributed by atoms with Crippen molar-refractivity contribution in [1.82, 2.24) is 0 Å². The Labute approximate surface area is 90.3 Å². The lowest BCUT2D eigenvalue weighted by atomic mass is 10.1. The van der Waals surface area contributed by atoms with Crippen molar-refractivity contribution in [3.05, 3.63) is 33.4 Å². The van der Waals surface area contributed by atoms with E-state index in [1.807, 2.05) is 0 Å². The summed E-state index contributed by atoms with van der Waals surface area (Å²) in [6.07, 6.45) is 1.79. The van der Waals surface area contributed by atoms with Crippen LogP contribution < -0.4 is 0 Å². The summed E-state index contributed by atoms with van der Waals surface area (Å²) in [6, 6.07) is 2.62. The summed E-state index contributed by atoms with van der Waals surface area (Å²) in [5, 5.41) is 19.4. The van der Waals surface area contributed by atoms with Gasteiger partial charge in [0.15, 0.2) is 0 Å². The van der Waals surface area contributed by atoms with E-state index in [1.54, 1.807) is 13.2 Å². The van der Waals surface area contributed by atoms with Gasteiger partial charge in [-0.2, -0.15) is 0 Å². The molecular formula is C9H9NO4S. The SMILES string of the molecule is CSc1cc(C(=O)O)c([N+](=O)[O-])cc1C. The fraction of sp³-hybridized carbons (Fsp3) is 0.222. The zero-order chi connectivity index (χ0) is 11.6. The number of nitro benzene ring substituents is 1. The highest BCUT2D eigenvalue weighted by atomic mass is 32.2. The molecule has 0 saturated carbocycles. The molecule has 1 aromatic rings. The third-order valence-electron chi connectivity index (χ3n) is 1.94. The summed E-state index contributed by atoms with van der Waals surface area (Å²) >= 11 is 1.36. The number of carbonyl (C=O) groups is 1. The maximum Gasteiger partial charge on any atom is 0.342 e. The Morgan fingerprint density at radius 3 is 2.53 bits per heavy atom. The lowest BCUT2D eigenvalue weighted by Crippen LogP contribution is -2.03. The van der Waals surface area contributed by atoms with Crippen LogP contribution in [0.15, 0.2) is 17.0 Å². The van der Waals surface area contributed by atoms with Crippen LogP contribution in [0.2, 0.25) is 0 Å². The van der Waals surface area contributed by atoms with Gasteiger partial charge in [-0.25, -0.2) is 4.79 Å². The molecule has 0 aliphatic heterocycles. The lowest BCUT2D eigenvalue weighted by molar-refractivity contribution is -0.385. The van der Waals surface area contributed by atoms with E-state index < -0.39 is 10.9 Å². The van der Waals surface area contributed by atoms with E-state index in [-0.39, 0.29) is 11.3 Å². The molecule has 5 nitrogen and oxygen atoms in total. The zero-order valence-corrected chi connectivity index (χ0v) is 9.00. The first-order valence-corrected chi connectivity index (χ1v) is 5.26. The zero-order valence-electron chi connectivity index (χ0n) is 8.18. The van der Waals surface area contributed by atoms with Crippen molar-refractivity contribution in [1.29, 1.82) is 0 Å². The van der Waals surface area contributed by atoms with E-state index >= 15 is 0 Å². The average molecular weight is 227 g/mol. The second-order valence-electron chi connectivity index (χ2n) is 2.90. The molecule has 80 valence electrons. The first-order chi connectivity index (χ1) is 6.97. The summed E-state index contributed by atoms with van der Waals surface area (Å²) in [5.41, 5.74) is 0.0759. The molecule has 0 unspecified atom stereocenters. The normalized spacial score (nSPS) is 10.0. The topological polar surface area (TPSA) is 80.4 Å². The molecule has 0 atom stereocenters. The minimum Gasteiger partial charge on any atom is -0.477 e. The molecular weight excluding hydrogens is 218 g/mol. The Balaban J connectivity index is 3.45. The van der Waals surface area contributed by atoms with E-state index in [1.165, 1.54) is 23.9 Å². The first kappa shape index (κ1) is 11.5. The third kappa shape index (κ3) is 2.27. The van der Waals surface area contributed by atoms with E-state index in [2.05, 4.69) is 0 Å². The Morgan fingerprint density at radius 2 is 2.13 bits per heavy atom. The van der Waals surface area contributed by atoms with Gasteiger partial charge in [0.05, 0.1) is 4.92 Å². The van der Waals surface area contributed by atoms with Crippen LogP contribution in [0.25, 0.3) is 0 Å². The molecule has 0 aromatic heterocycles. The van der Waals surface area contributed by atoms with Crippen LogP contribution in [0.1, 0.15) is 15.9 Å². The number of carboxylic acids is 1. The van der Waals surface area contributed by atoms with Crippen molar-refractivity contribution in [2.75, 3.05) is 6.26 Å². The fourth-order valence-electron chi connectivity index (χ4n) is 1.22. The number of nitrogens with zero attached hydrogens (tertiary/aromatic N) is 1. The number of rotatable bonds is 3. The van der Waals surface area contributed by atoms with Crippen molar-refractivity contribution in [2.45, 2.75) is 11.8 Å². The number of aromatic carboxylic acids is 1. The molecule has 1 N–H and O–H groups in total. The van der Waals surface area contributed by atoms with Gasteiger partial charge in [-0.05, 0) is 24.8 Å². The van der Waals surface area contributed by atoms with E-state index in [0.29, 0.717) is 5.56 Å². The summed E-state index contributed by atoms with van der Waals surface area (Å²) in [6.45, 7) is 1.71. The largest absolute Gasteiger partial charge is 0.477 e. The van der Waals surface area contributed by atoms with Crippen LogP contribution >= 0.6 is 11.8 Å². The van der Waals surface area contributed by atoms with Gasteiger partial charge >= 0.3 is 5.97 Å². The van der Waals surface area contributed by atoms with Gasteiger partial charge < -0.3 is 5.11 Å². The first-order valence-electron chi connectivity index (χ1n) is 4.03. The van der Waals surface area contributed by atoms with Crippen LogP contribution in [0, 0.1) is 17.0 Å². The third-order valence-corrected chi connectivity index (χ3v) is 2.82. The van der Waals surface area contributed by atoms with Gasteiger partial charge in [0.1, 0.15) is 5.56 Å². The number of thioether (sulfide) groups is 1. The van der Waals surface area contributed by atoms with Crippen LogP contribution in [-0.4, -0.2) is 22.3 Å². The number of hydrogen-bond acceptors (Lipinski definition) is 4. The molecule has 1 aromatic carbocycles. The minimum atomic E-state index is -1.28. The number of hydrogen-bond donors (Lipinski definition) is 1. The Kier molecular flexibility index (Phi) is 3.31. The molecule has 0 radical (unpaired) electrons. The number of aryl methyl sites for hydroxylation is 1. The van der Waals surface area contributed by atoms with Gasteiger partial charge in [-0.1, -0.05) is 0 Å². The van der Waals surface area contributed by atoms with Crippen LogP contribution in [0.5, 0.6) is 0 Å². The minimum absolute atomic E-state index is 0.269. The number of benzene rings is 1. The maximum absolute atomic E-state index is 10.8. The lowest BCUT2D eigenvalue weighted by Gasteiger charge is -2.04. The average Bonchev–Trinajstić information content (AvgIpc) is 2.16. The molecule has 0 aliphatic rings. The Morgan fingerprint density at radius 1 is 1.53 bits per heavy atom. The summed E-state index contributed by atoms with van der Waals surface area (Å²) in [4.78, 5) is 21.5. The van der Waals surface area contributed by atoms with Gasteiger partial charge in [0.25, 0.3) is 5.69 Å². The molecule has 0 fully saturated rings. The predicted molar refractivity (Wildman–Crippen MR) is 56.6 cm³/mol. The highest BCUT2D eigenvalue weighted by Gasteiger charge is 2.21. The van der Waals surface area contributed by atoms with E-state index in [4.69, 9.17) is 5.11 Å². The fourth-order valence-corrected chi connectivity index (χ4v) is 1.83. The van der Waals surface area contributed by atoms with Gasteiger partial charge in [-0.3, -0.25) is 10.1 Å². The van der Waals surface area contributed by atoms with Gasteiger partial charge in [0.2, 0.25) is 0 Å². The molecule has 0 aliphatic carbocycles. The molecule has 1 rings (SSSR count). The maximum atomic E-state index is 10.8. The van der Waals surface area contributed by atoms with E-state index in [9.17, 15) is 14.9 Å². The second-order valence-corrected chi connectivity index (χ2v) is 3.75. The molecule has 6 heteroatoms. The molecule has 0 bridgehead atoms. The predicted octanol–water partition coefficient (Wildman–Crippen LogP) is 2.32.